The molecule has 104 valence electrons. The Hall–Kier alpha value is -2.18. The maximum atomic E-state index is 13.5. The van der Waals surface area contributed by atoms with E-state index in [0.717, 1.165) is 6.07 Å². The number of carbonyl (C=O) groups is 1. The number of esters is 1. The lowest BCUT2D eigenvalue weighted by molar-refractivity contribution is -0.386. The number of hydrogen-bond acceptors (Lipinski definition) is 5. The van der Waals surface area contributed by atoms with Crippen LogP contribution in [0.15, 0.2) is 18.2 Å². The number of hydrogen-bond donors (Lipinski definition) is 0. The summed E-state index contributed by atoms with van der Waals surface area (Å²) >= 11 is 0. The van der Waals surface area contributed by atoms with Crippen molar-refractivity contribution in [2.45, 2.75) is 13.3 Å². The van der Waals surface area contributed by atoms with Crippen molar-refractivity contribution in [3.8, 4) is 0 Å². The Morgan fingerprint density at radius 3 is 2.74 bits per heavy atom. The lowest BCUT2D eigenvalue weighted by Crippen LogP contribution is -2.27. The van der Waals surface area contributed by atoms with Crippen LogP contribution in [0.4, 0.5) is 15.8 Å². The SMILES string of the molecule is CCN(CCC(=O)OC)c1cccc(F)c1[N+](=O)[O-]. The van der Waals surface area contributed by atoms with E-state index in [4.69, 9.17) is 0 Å². The van der Waals surface area contributed by atoms with Crippen LogP contribution in [-0.4, -0.2) is 31.1 Å². The standard InChI is InChI=1S/C12H15FN2O4/c1-3-14(8-7-11(16)19-2)10-6-4-5-9(13)12(10)15(17)18/h4-6H,3,7-8H2,1-2H3. The second-order valence-corrected chi connectivity index (χ2v) is 3.77. The molecule has 0 aromatic heterocycles. The number of carbonyl (C=O) groups excluding carboxylic acids is 1. The van der Waals surface area contributed by atoms with Crippen molar-refractivity contribution < 1.29 is 18.8 Å². The maximum absolute atomic E-state index is 13.5. The number of nitrogens with zero attached hydrogens (tertiary/aromatic N) is 2. The predicted molar refractivity (Wildman–Crippen MR) is 67.6 cm³/mol. The molecule has 19 heavy (non-hydrogen) atoms. The molecule has 0 saturated carbocycles. The molecular formula is C12H15FN2O4. The fraction of sp³-hybridized carbons (Fsp3) is 0.417. The Balaban J connectivity index is 3.01. The smallest absolute Gasteiger partial charge is 0.327 e. The van der Waals surface area contributed by atoms with Crippen LogP contribution in [0, 0.1) is 15.9 Å². The summed E-state index contributed by atoms with van der Waals surface area (Å²) < 4.78 is 18.0. The topological polar surface area (TPSA) is 72.7 Å². The van der Waals surface area contributed by atoms with Gasteiger partial charge in [-0.3, -0.25) is 14.9 Å². The van der Waals surface area contributed by atoms with Crippen LogP contribution in [-0.2, 0) is 9.53 Å². The molecule has 1 aromatic carbocycles. The molecule has 1 aromatic rings. The van der Waals surface area contributed by atoms with E-state index in [-0.39, 0.29) is 18.7 Å². The van der Waals surface area contributed by atoms with Gasteiger partial charge in [0.15, 0.2) is 0 Å². The van der Waals surface area contributed by atoms with Gasteiger partial charge in [0.1, 0.15) is 5.69 Å². The minimum atomic E-state index is -0.890. The van der Waals surface area contributed by atoms with Crippen molar-refractivity contribution in [2.75, 3.05) is 25.1 Å². The lowest BCUT2D eigenvalue weighted by Gasteiger charge is -2.22. The first-order chi connectivity index (χ1) is 9.01. The molecule has 0 bridgehead atoms. The molecule has 0 N–H and O–H groups in total. The van der Waals surface area contributed by atoms with E-state index in [1.807, 2.05) is 0 Å². The zero-order valence-electron chi connectivity index (χ0n) is 10.8. The highest BCUT2D eigenvalue weighted by molar-refractivity contribution is 5.71. The van der Waals surface area contributed by atoms with E-state index < -0.39 is 22.4 Å². The summed E-state index contributed by atoms with van der Waals surface area (Å²) in [6.45, 7) is 2.42. The van der Waals surface area contributed by atoms with E-state index in [2.05, 4.69) is 4.74 Å². The first kappa shape index (κ1) is 14.9. The van der Waals surface area contributed by atoms with Crippen LogP contribution in [0.25, 0.3) is 0 Å². The first-order valence-corrected chi connectivity index (χ1v) is 5.75. The third-order valence-electron chi connectivity index (χ3n) is 2.68. The molecule has 0 spiro atoms. The van der Waals surface area contributed by atoms with Gasteiger partial charge in [-0.25, -0.2) is 0 Å². The molecule has 6 nitrogen and oxygen atoms in total. The van der Waals surface area contributed by atoms with Gasteiger partial charge in [0.2, 0.25) is 5.82 Å². The molecule has 0 aliphatic heterocycles. The van der Waals surface area contributed by atoms with Gasteiger partial charge in [0.25, 0.3) is 0 Å². The van der Waals surface area contributed by atoms with Gasteiger partial charge < -0.3 is 9.64 Å². The Bertz CT molecular complexity index is 479. The van der Waals surface area contributed by atoms with Crippen molar-refractivity contribution >= 4 is 17.3 Å². The molecule has 0 fully saturated rings. The lowest BCUT2D eigenvalue weighted by atomic mass is 10.2. The maximum Gasteiger partial charge on any atom is 0.327 e. The number of halogens is 1. The van der Waals surface area contributed by atoms with Gasteiger partial charge in [0.05, 0.1) is 18.5 Å². The van der Waals surface area contributed by atoms with Crippen LogP contribution in [0.1, 0.15) is 13.3 Å². The zero-order valence-corrected chi connectivity index (χ0v) is 10.8. The molecule has 0 unspecified atom stereocenters. The van der Waals surface area contributed by atoms with Crippen molar-refractivity contribution in [3.63, 3.8) is 0 Å². The van der Waals surface area contributed by atoms with Gasteiger partial charge in [-0.2, -0.15) is 4.39 Å². The Morgan fingerprint density at radius 2 is 2.21 bits per heavy atom. The summed E-state index contributed by atoms with van der Waals surface area (Å²) in [5.41, 5.74) is -0.411. The van der Waals surface area contributed by atoms with Crippen molar-refractivity contribution in [3.05, 3.63) is 34.1 Å². The fourth-order valence-electron chi connectivity index (χ4n) is 1.72. The minimum absolute atomic E-state index is 0.0814. The first-order valence-electron chi connectivity index (χ1n) is 5.75. The minimum Gasteiger partial charge on any atom is -0.469 e. The van der Waals surface area contributed by atoms with Crippen molar-refractivity contribution in [1.29, 1.82) is 0 Å². The summed E-state index contributed by atoms with van der Waals surface area (Å²) in [5, 5.41) is 10.9. The van der Waals surface area contributed by atoms with Crippen LogP contribution in [0.2, 0.25) is 0 Å². The van der Waals surface area contributed by atoms with E-state index in [9.17, 15) is 19.3 Å². The molecule has 0 amide bonds. The third-order valence-corrected chi connectivity index (χ3v) is 2.68. The summed E-state index contributed by atoms with van der Waals surface area (Å²) in [4.78, 5) is 22.8. The summed E-state index contributed by atoms with van der Waals surface area (Å²) in [7, 11) is 1.27. The molecule has 0 atom stereocenters. The van der Waals surface area contributed by atoms with Gasteiger partial charge in [-0.15, -0.1) is 0 Å². The Morgan fingerprint density at radius 1 is 1.53 bits per heavy atom. The molecule has 0 aliphatic carbocycles. The molecule has 1 rings (SSSR count). The van der Waals surface area contributed by atoms with Crippen LogP contribution in [0.3, 0.4) is 0 Å². The predicted octanol–water partition coefficient (Wildman–Crippen LogP) is 2.12. The number of methoxy groups -OCH3 is 1. The number of nitro benzene ring substituents is 1. The van der Waals surface area contributed by atoms with E-state index in [1.54, 1.807) is 11.8 Å². The quantitative estimate of drug-likeness (QED) is 0.450. The summed E-state index contributed by atoms with van der Waals surface area (Å²) in [6, 6.07) is 3.90. The highest BCUT2D eigenvalue weighted by Crippen LogP contribution is 2.30. The van der Waals surface area contributed by atoms with Gasteiger partial charge in [-0.1, -0.05) is 6.07 Å². The number of rotatable bonds is 6. The molecule has 0 saturated heterocycles. The average Bonchev–Trinajstić information content (AvgIpc) is 2.38. The number of anilines is 1. The Kier molecular flexibility index (Phi) is 5.23. The monoisotopic (exact) mass is 270 g/mol. The number of nitro groups is 1. The van der Waals surface area contributed by atoms with E-state index in [1.165, 1.54) is 19.2 Å². The van der Waals surface area contributed by atoms with Gasteiger partial charge in [-0.05, 0) is 19.1 Å². The highest BCUT2D eigenvalue weighted by atomic mass is 19.1. The summed E-state index contributed by atoms with van der Waals surface area (Å²) in [5.74, 6) is -1.31. The molecule has 0 radical (unpaired) electrons. The Labute approximate surface area is 109 Å². The van der Waals surface area contributed by atoms with E-state index >= 15 is 0 Å². The third kappa shape index (κ3) is 3.64. The second-order valence-electron chi connectivity index (χ2n) is 3.77. The number of ether oxygens (including phenoxy) is 1. The normalized spacial score (nSPS) is 10.1. The fourth-order valence-corrected chi connectivity index (χ4v) is 1.72. The average molecular weight is 270 g/mol. The van der Waals surface area contributed by atoms with Crippen LogP contribution in [0.5, 0.6) is 0 Å². The largest absolute Gasteiger partial charge is 0.469 e. The highest BCUT2D eigenvalue weighted by Gasteiger charge is 2.23. The van der Waals surface area contributed by atoms with Crippen LogP contribution >= 0.6 is 0 Å². The van der Waals surface area contributed by atoms with Crippen molar-refractivity contribution in [1.82, 2.24) is 0 Å². The second kappa shape index (κ2) is 6.67. The van der Waals surface area contributed by atoms with Crippen molar-refractivity contribution in [2.24, 2.45) is 0 Å². The molecule has 0 aliphatic rings. The number of para-hydroxylation sites is 1. The summed E-state index contributed by atoms with van der Waals surface area (Å²) in [6.07, 6.45) is 0.0814. The molecule has 0 heterocycles. The number of benzene rings is 1. The molecule has 7 heteroatoms. The van der Waals surface area contributed by atoms with Gasteiger partial charge >= 0.3 is 11.7 Å². The zero-order chi connectivity index (χ0) is 14.4. The van der Waals surface area contributed by atoms with E-state index in [0.29, 0.717) is 6.54 Å². The van der Waals surface area contributed by atoms with Crippen LogP contribution < -0.4 is 4.90 Å². The molecular weight excluding hydrogens is 255 g/mol. The van der Waals surface area contributed by atoms with Gasteiger partial charge in [0, 0.05) is 13.1 Å².